The summed E-state index contributed by atoms with van der Waals surface area (Å²) >= 11 is 0. The third-order valence-corrected chi connectivity index (χ3v) is 4.54. The second-order valence-corrected chi connectivity index (χ2v) is 6.78. The molecule has 0 fully saturated rings. The number of carbonyl (C=O) groups excluding carboxylic acids is 2. The summed E-state index contributed by atoms with van der Waals surface area (Å²) in [5.41, 5.74) is 1.80. The lowest BCUT2D eigenvalue weighted by Gasteiger charge is -2.28. The van der Waals surface area contributed by atoms with Gasteiger partial charge in [0.15, 0.2) is 11.9 Å². The molecule has 0 spiro atoms. The van der Waals surface area contributed by atoms with Crippen molar-refractivity contribution in [3.8, 4) is 5.75 Å². The summed E-state index contributed by atoms with van der Waals surface area (Å²) < 4.78 is 5.45. The van der Waals surface area contributed by atoms with E-state index >= 15 is 0 Å². The number of nitrogens with zero attached hydrogens (tertiary/aromatic N) is 3. The molecule has 29 heavy (non-hydrogen) atoms. The smallest absolute Gasteiger partial charge is 0.366 e. The van der Waals surface area contributed by atoms with Crippen molar-refractivity contribution in [3.05, 3.63) is 52.1 Å². The van der Waals surface area contributed by atoms with Crippen LogP contribution in [0.25, 0.3) is 0 Å². The van der Waals surface area contributed by atoms with Gasteiger partial charge in [0.1, 0.15) is 6.54 Å². The number of ether oxygens (including phenoxy) is 1. The summed E-state index contributed by atoms with van der Waals surface area (Å²) in [5, 5.41) is 13.8. The molecule has 0 radical (unpaired) electrons. The number of nitrogens with one attached hydrogen (secondary N) is 1. The number of nitro groups is 1. The first kappa shape index (κ1) is 20.2. The molecule has 1 unspecified atom stereocenters. The molecule has 152 valence electrons. The molecule has 1 aromatic carbocycles. The first-order valence-electron chi connectivity index (χ1n) is 9.41. The van der Waals surface area contributed by atoms with Gasteiger partial charge in [-0.3, -0.25) is 14.5 Å². The molecule has 1 atom stereocenters. The summed E-state index contributed by atoms with van der Waals surface area (Å²) in [6.07, 6.45) is 2.36. The number of pyridine rings is 1. The van der Waals surface area contributed by atoms with Gasteiger partial charge in [0, 0.05) is 11.8 Å². The van der Waals surface area contributed by atoms with Crippen molar-refractivity contribution in [2.45, 2.75) is 39.2 Å². The predicted molar refractivity (Wildman–Crippen MR) is 107 cm³/mol. The minimum absolute atomic E-state index is 0.0348. The fourth-order valence-electron chi connectivity index (χ4n) is 3.01. The van der Waals surface area contributed by atoms with Gasteiger partial charge in [0.05, 0.1) is 0 Å². The fraction of sp³-hybridized carbons (Fsp3) is 0.350. The largest absolute Gasteiger partial charge is 0.475 e. The number of fused-ring (bicyclic) bond motifs is 1. The van der Waals surface area contributed by atoms with Crippen LogP contribution in [0.1, 0.15) is 32.3 Å². The van der Waals surface area contributed by atoms with Gasteiger partial charge in [0.25, 0.3) is 11.7 Å². The molecule has 0 aliphatic carbocycles. The monoisotopic (exact) mass is 398 g/mol. The van der Waals surface area contributed by atoms with Crippen molar-refractivity contribution < 1.29 is 19.2 Å². The van der Waals surface area contributed by atoms with Gasteiger partial charge in [-0.25, -0.2) is 0 Å². The molecule has 2 amide bonds. The van der Waals surface area contributed by atoms with Crippen LogP contribution in [0.15, 0.2) is 36.4 Å². The highest BCUT2D eigenvalue weighted by Gasteiger charge is 2.37. The zero-order valence-corrected chi connectivity index (χ0v) is 16.3. The number of benzene rings is 1. The molecule has 1 aliphatic rings. The Labute approximate surface area is 167 Å². The second-order valence-electron chi connectivity index (χ2n) is 6.78. The minimum Gasteiger partial charge on any atom is -0.475 e. The van der Waals surface area contributed by atoms with Crippen LogP contribution in [-0.4, -0.2) is 34.4 Å². The highest BCUT2D eigenvalue weighted by molar-refractivity contribution is 6.05. The van der Waals surface area contributed by atoms with Crippen LogP contribution in [0.2, 0.25) is 0 Å². The van der Waals surface area contributed by atoms with Crippen LogP contribution in [0, 0.1) is 10.1 Å². The van der Waals surface area contributed by atoms with E-state index in [9.17, 15) is 19.7 Å². The molecular weight excluding hydrogens is 376 g/mol. The molecule has 1 aliphatic heterocycles. The summed E-state index contributed by atoms with van der Waals surface area (Å²) in [6, 6.07) is 10.1. The summed E-state index contributed by atoms with van der Waals surface area (Å²) in [7, 11) is 0. The normalized spacial score (nSPS) is 15.4. The van der Waals surface area contributed by atoms with Gasteiger partial charge >= 0.3 is 5.82 Å². The topological polar surface area (TPSA) is 115 Å². The summed E-state index contributed by atoms with van der Waals surface area (Å²) in [6.45, 7) is 3.35. The average molecular weight is 398 g/mol. The third kappa shape index (κ3) is 4.68. The molecule has 9 nitrogen and oxygen atoms in total. The van der Waals surface area contributed by atoms with Crippen LogP contribution in [0.4, 0.5) is 17.3 Å². The number of hydrogen-bond donors (Lipinski definition) is 1. The van der Waals surface area contributed by atoms with Crippen molar-refractivity contribution >= 4 is 29.1 Å². The first-order valence-corrected chi connectivity index (χ1v) is 9.41. The summed E-state index contributed by atoms with van der Waals surface area (Å²) in [5.74, 6) is -1.17. The number of amides is 2. The van der Waals surface area contributed by atoms with Crippen molar-refractivity contribution in [1.29, 1.82) is 0 Å². The van der Waals surface area contributed by atoms with Crippen molar-refractivity contribution in [2.24, 2.45) is 0 Å². The standard InChI is InChI=1S/C20H22N4O5/c1-3-4-5-14-6-8-15(9-7-14)21-18(25)12-23-19-16(29-13(2)20(23)26)10-11-17(22-19)24(27)28/h6-11,13H,3-5,12H2,1-2H3,(H,21,25). The molecule has 0 saturated carbocycles. The molecule has 1 aromatic heterocycles. The molecular formula is C20H22N4O5. The second kappa shape index (κ2) is 8.68. The number of carbonyl (C=O) groups is 2. The Hall–Kier alpha value is -3.49. The highest BCUT2D eigenvalue weighted by atomic mass is 16.6. The van der Waals surface area contributed by atoms with E-state index in [0.717, 1.165) is 24.2 Å². The molecule has 0 saturated heterocycles. The van der Waals surface area contributed by atoms with E-state index in [1.165, 1.54) is 17.7 Å². The number of hydrogen-bond acceptors (Lipinski definition) is 6. The minimum atomic E-state index is -0.823. The van der Waals surface area contributed by atoms with Crippen molar-refractivity contribution in [3.63, 3.8) is 0 Å². The number of unbranched alkanes of at least 4 members (excludes halogenated alkanes) is 1. The van der Waals surface area contributed by atoms with E-state index < -0.39 is 28.7 Å². The Balaban J connectivity index is 1.74. The van der Waals surface area contributed by atoms with Gasteiger partial charge in [0.2, 0.25) is 5.91 Å². The van der Waals surface area contributed by atoms with Crippen molar-refractivity contribution in [2.75, 3.05) is 16.8 Å². The Morgan fingerprint density at radius 2 is 2.00 bits per heavy atom. The van der Waals surface area contributed by atoms with Crippen LogP contribution in [-0.2, 0) is 16.0 Å². The molecule has 3 rings (SSSR count). The first-order chi connectivity index (χ1) is 13.9. The molecule has 2 aromatic rings. The molecule has 9 heteroatoms. The highest BCUT2D eigenvalue weighted by Crippen LogP contribution is 2.33. The fourth-order valence-corrected chi connectivity index (χ4v) is 3.01. The quantitative estimate of drug-likeness (QED) is 0.566. The predicted octanol–water partition coefficient (Wildman–Crippen LogP) is 3.09. The zero-order chi connectivity index (χ0) is 21.0. The van der Waals surface area contributed by atoms with Gasteiger partial charge in [-0.1, -0.05) is 25.5 Å². The Morgan fingerprint density at radius 1 is 1.28 bits per heavy atom. The number of anilines is 2. The van der Waals surface area contributed by atoms with Crippen LogP contribution < -0.4 is 15.0 Å². The molecule has 2 heterocycles. The maximum absolute atomic E-state index is 12.5. The lowest BCUT2D eigenvalue weighted by molar-refractivity contribution is -0.389. The van der Waals surface area contributed by atoms with Gasteiger partial charge < -0.3 is 20.2 Å². The SMILES string of the molecule is CCCCc1ccc(NC(=O)CN2C(=O)C(C)Oc3ccc([N+](=O)[O-])nc32)cc1. The van der Waals surface area contributed by atoms with Gasteiger partial charge in [-0.05, 0) is 53.4 Å². The van der Waals surface area contributed by atoms with Crippen molar-refractivity contribution in [1.82, 2.24) is 4.98 Å². The van der Waals surface area contributed by atoms with E-state index in [2.05, 4.69) is 17.2 Å². The number of aromatic nitrogens is 1. The Bertz CT molecular complexity index is 929. The van der Waals surface area contributed by atoms with Crippen LogP contribution in [0.3, 0.4) is 0 Å². The maximum atomic E-state index is 12.5. The summed E-state index contributed by atoms with van der Waals surface area (Å²) in [4.78, 5) is 40.4. The lowest BCUT2D eigenvalue weighted by atomic mass is 10.1. The van der Waals surface area contributed by atoms with Gasteiger partial charge in [-0.2, -0.15) is 0 Å². The Kier molecular flexibility index (Phi) is 6.06. The van der Waals surface area contributed by atoms with Crippen LogP contribution in [0.5, 0.6) is 5.75 Å². The Morgan fingerprint density at radius 3 is 2.66 bits per heavy atom. The van der Waals surface area contributed by atoms with E-state index in [1.807, 2.05) is 24.3 Å². The van der Waals surface area contributed by atoms with E-state index in [1.54, 1.807) is 6.92 Å². The van der Waals surface area contributed by atoms with E-state index in [0.29, 0.717) is 5.69 Å². The number of rotatable bonds is 7. The average Bonchev–Trinajstić information content (AvgIpc) is 2.70. The van der Waals surface area contributed by atoms with Gasteiger partial charge in [-0.15, -0.1) is 0 Å². The molecule has 1 N–H and O–H groups in total. The van der Waals surface area contributed by atoms with Crippen LogP contribution >= 0.6 is 0 Å². The third-order valence-electron chi connectivity index (χ3n) is 4.54. The number of aryl methyl sites for hydroxylation is 1. The zero-order valence-electron chi connectivity index (χ0n) is 16.3. The van der Waals surface area contributed by atoms with E-state index in [4.69, 9.17) is 4.74 Å². The van der Waals surface area contributed by atoms with E-state index in [-0.39, 0.29) is 18.1 Å². The lowest BCUT2D eigenvalue weighted by Crippen LogP contribution is -2.48. The maximum Gasteiger partial charge on any atom is 0.366 e. The molecule has 0 bridgehead atoms.